The Morgan fingerprint density at radius 3 is 2.47 bits per heavy atom. The number of aliphatic carboxylic acids is 1. The van der Waals surface area contributed by atoms with Crippen LogP contribution in [0.3, 0.4) is 0 Å². The molecule has 34 heavy (non-hydrogen) atoms. The second kappa shape index (κ2) is 11.7. The maximum Gasteiger partial charge on any atom is 0.303 e. The standard InChI is InChI=1S/C28H31NO4S/c1-19-10-12-22(13-11-19)20(2)8-6-7-9-21(3)34-29-18-23(14-15-28(30)31)24-16-26(32-4)27(33-5)17-25(24)29/h6-13,16-18,20H,3,14-15H2,1-2,4-5H3,(H,30,31)/b8-6-,9-7-. The van der Waals surface area contributed by atoms with Crippen molar-refractivity contribution in [3.8, 4) is 11.5 Å². The Hall–Kier alpha value is -3.38. The molecular weight excluding hydrogens is 446 g/mol. The molecule has 3 aromatic rings. The maximum atomic E-state index is 11.1. The number of aromatic nitrogens is 1. The van der Waals surface area contributed by atoms with E-state index in [0.717, 1.165) is 21.4 Å². The van der Waals surface area contributed by atoms with Gasteiger partial charge >= 0.3 is 5.97 Å². The van der Waals surface area contributed by atoms with Gasteiger partial charge in [0.2, 0.25) is 0 Å². The first kappa shape index (κ1) is 25.2. The van der Waals surface area contributed by atoms with Gasteiger partial charge in [0.25, 0.3) is 0 Å². The largest absolute Gasteiger partial charge is 0.493 e. The number of carboxylic acids is 1. The minimum Gasteiger partial charge on any atom is -0.493 e. The van der Waals surface area contributed by atoms with E-state index in [9.17, 15) is 4.79 Å². The van der Waals surface area contributed by atoms with E-state index in [0.29, 0.717) is 23.8 Å². The van der Waals surface area contributed by atoms with Gasteiger partial charge in [-0.2, -0.15) is 0 Å². The Morgan fingerprint density at radius 2 is 1.82 bits per heavy atom. The van der Waals surface area contributed by atoms with Crippen LogP contribution in [0.25, 0.3) is 10.9 Å². The molecule has 1 aromatic heterocycles. The first-order valence-electron chi connectivity index (χ1n) is 11.1. The fraction of sp³-hybridized carbons (Fsp3) is 0.250. The van der Waals surface area contributed by atoms with Crippen molar-refractivity contribution in [2.45, 2.75) is 32.6 Å². The summed E-state index contributed by atoms with van der Waals surface area (Å²) in [4.78, 5) is 12.0. The quantitative estimate of drug-likeness (QED) is 0.304. The summed E-state index contributed by atoms with van der Waals surface area (Å²) in [6.45, 7) is 8.43. The third-order valence-corrected chi connectivity index (χ3v) is 6.45. The zero-order valence-electron chi connectivity index (χ0n) is 20.1. The van der Waals surface area contributed by atoms with Crippen LogP contribution >= 0.6 is 11.9 Å². The van der Waals surface area contributed by atoms with Crippen molar-refractivity contribution >= 4 is 28.8 Å². The monoisotopic (exact) mass is 477 g/mol. The van der Waals surface area contributed by atoms with Crippen LogP contribution in [0.2, 0.25) is 0 Å². The van der Waals surface area contributed by atoms with Gasteiger partial charge in [0.15, 0.2) is 11.5 Å². The Labute approximate surface area is 205 Å². The minimum atomic E-state index is -0.826. The fourth-order valence-electron chi connectivity index (χ4n) is 3.64. The number of fused-ring (bicyclic) bond motifs is 1. The molecule has 0 spiro atoms. The smallest absolute Gasteiger partial charge is 0.303 e. The summed E-state index contributed by atoms with van der Waals surface area (Å²) < 4.78 is 12.9. The van der Waals surface area contributed by atoms with Crippen molar-refractivity contribution in [3.63, 3.8) is 0 Å². The number of methoxy groups -OCH3 is 2. The van der Waals surface area contributed by atoms with Crippen LogP contribution in [-0.4, -0.2) is 29.3 Å². The molecule has 0 radical (unpaired) electrons. The predicted octanol–water partition coefficient (Wildman–Crippen LogP) is 6.91. The van der Waals surface area contributed by atoms with Gasteiger partial charge in [0.1, 0.15) is 0 Å². The number of nitrogens with zero attached hydrogens (tertiary/aromatic N) is 1. The van der Waals surface area contributed by atoms with Crippen LogP contribution in [0.4, 0.5) is 0 Å². The lowest BCUT2D eigenvalue weighted by Crippen LogP contribution is -1.97. The van der Waals surface area contributed by atoms with Gasteiger partial charge < -0.3 is 14.6 Å². The first-order chi connectivity index (χ1) is 16.3. The van der Waals surface area contributed by atoms with Crippen LogP contribution < -0.4 is 9.47 Å². The molecule has 6 heteroatoms. The molecule has 0 aliphatic rings. The topological polar surface area (TPSA) is 60.7 Å². The zero-order valence-corrected chi connectivity index (χ0v) is 20.9. The Kier molecular flexibility index (Phi) is 8.66. The fourth-order valence-corrected chi connectivity index (χ4v) is 4.46. The molecule has 0 bridgehead atoms. The summed E-state index contributed by atoms with van der Waals surface area (Å²) >= 11 is 1.48. The second-order valence-electron chi connectivity index (χ2n) is 8.10. The molecule has 0 amide bonds. The van der Waals surface area contributed by atoms with Gasteiger partial charge in [0.05, 0.1) is 19.7 Å². The molecular formula is C28H31NO4S. The van der Waals surface area contributed by atoms with Crippen molar-refractivity contribution < 1.29 is 19.4 Å². The molecule has 1 heterocycles. The number of benzene rings is 2. The molecule has 1 atom stereocenters. The van der Waals surface area contributed by atoms with Crippen molar-refractivity contribution in [1.29, 1.82) is 0 Å². The number of ether oxygens (including phenoxy) is 2. The van der Waals surface area contributed by atoms with Gasteiger partial charge in [-0.05, 0) is 54.5 Å². The third kappa shape index (κ3) is 6.35. The van der Waals surface area contributed by atoms with E-state index in [-0.39, 0.29) is 6.42 Å². The van der Waals surface area contributed by atoms with E-state index in [1.54, 1.807) is 14.2 Å². The summed E-state index contributed by atoms with van der Waals surface area (Å²) in [5, 5.41) is 10.1. The number of allylic oxidation sites excluding steroid dienone is 4. The number of carbonyl (C=O) groups is 1. The number of carboxylic acid groups (broad SMARTS) is 1. The molecule has 1 N–H and O–H groups in total. The number of aryl methyl sites for hydroxylation is 2. The molecule has 5 nitrogen and oxygen atoms in total. The maximum absolute atomic E-state index is 11.1. The summed E-state index contributed by atoms with van der Waals surface area (Å²) in [7, 11) is 3.19. The lowest BCUT2D eigenvalue weighted by Gasteiger charge is -2.09. The third-order valence-electron chi connectivity index (χ3n) is 5.58. The SMILES string of the molecule is C=C(/C=C\C=C/C(C)c1ccc(C)cc1)Sn1cc(CCC(=O)O)c2cc(OC)c(OC)cc21. The molecule has 0 aliphatic carbocycles. The van der Waals surface area contributed by atoms with Gasteiger partial charge in [-0.15, -0.1) is 0 Å². The van der Waals surface area contributed by atoms with E-state index < -0.39 is 5.97 Å². The number of rotatable bonds is 11. The van der Waals surface area contributed by atoms with Gasteiger partial charge in [-0.1, -0.05) is 61.6 Å². The summed E-state index contributed by atoms with van der Waals surface area (Å²) in [6, 6.07) is 12.4. The van der Waals surface area contributed by atoms with Gasteiger partial charge in [0, 0.05) is 29.0 Å². The van der Waals surface area contributed by atoms with E-state index in [2.05, 4.69) is 50.8 Å². The van der Waals surface area contributed by atoms with Crippen LogP contribution in [0.5, 0.6) is 11.5 Å². The molecule has 0 saturated carbocycles. The average molecular weight is 478 g/mol. The first-order valence-corrected chi connectivity index (χ1v) is 11.9. The van der Waals surface area contributed by atoms with Gasteiger partial charge in [-0.3, -0.25) is 8.77 Å². The Bertz CT molecular complexity index is 1220. The molecule has 2 aromatic carbocycles. The molecule has 178 valence electrons. The summed E-state index contributed by atoms with van der Waals surface area (Å²) in [6.07, 6.45) is 10.6. The van der Waals surface area contributed by atoms with E-state index in [1.165, 1.54) is 23.1 Å². The highest BCUT2D eigenvalue weighted by atomic mass is 32.2. The summed E-state index contributed by atoms with van der Waals surface area (Å²) in [5.74, 6) is 0.724. The average Bonchev–Trinajstić information content (AvgIpc) is 3.15. The van der Waals surface area contributed by atoms with E-state index in [4.69, 9.17) is 14.6 Å². The van der Waals surface area contributed by atoms with Crippen molar-refractivity contribution in [2.75, 3.05) is 14.2 Å². The molecule has 1 unspecified atom stereocenters. The minimum absolute atomic E-state index is 0.0585. The molecule has 0 aliphatic heterocycles. The van der Waals surface area contributed by atoms with Crippen LogP contribution in [-0.2, 0) is 11.2 Å². The van der Waals surface area contributed by atoms with Crippen LogP contribution in [0.15, 0.2) is 78.4 Å². The summed E-state index contributed by atoms with van der Waals surface area (Å²) in [5.41, 5.74) is 4.39. The van der Waals surface area contributed by atoms with Crippen molar-refractivity contribution in [2.24, 2.45) is 0 Å². The van der Waals surface area contributed by atoms with E-state index >= 15 is 0 Å². The van der Waals surface area contributed by atoms with Crippen molar-refractivity contribution in [3.05, 3.63) is 95.1 Å². The normalized spacial score (nSPS) is 12.5. The number of hydrogen-bond donors (Lipinski definition) is 1. The van der Waals surface area contributed by atoms with Crippen LogP contribution in [0, 0.1) is 6.92 Å². The molecule has 0 fully saturated rings. The lowest BCUT2D eigenvalue weighted by molar-refractivity contribution is -0.136. The molecule has 0 saturated heterocycles. The van der Waals surface area contributed by atoms with Crippen LogP contribution in [0.1, 0.15) is 36.0 Å². The molecule has 3 rings (SSSR count). The van der Waals surface area contributed by atoms with Crippen molar-refractivity contribution in [1.82, 2.24) is 3.97 Å². The number of hydrogen-bond acceptors (Lipinski definition) is 4. The highest BCUT2D eigenvalue weighted by molar-refractivity contribution is 8.02. The van der Waals surface area contributed by atoms with Gasteiger partial charge in [-0.25, -0.2) is 0 Å². The predicted molar refractivity (Wildman–Crippen MR) is 141 cm³/mol. The Balaban J connectivity index is 1.77. The highest BCUT2D eigenvalue weighted by Crippen LogP contribution is 2.37. The lowest BCUT2D eigenvalue weighted by atomic mass is 10.00. The Morgan fingerprint density at radius 1 is 1.15 bits per heavy atom. The second-order valence-corrected chi connectivity index (χ2v) is 9.20. The van der Waals surface area contributed by atoms with E-state index in [1.807, 2.05) is 40.5 Å². The highest BCUT2D eigenvalue weighted by Gasteiger charge is 2.15. The zero-order chi connectivity index (χ0) is 24.7.